The van der Waals surface area contributed by atoms with Gasteiger partial charge in [0.15, 0.2) is 0 Å². The molecule has 0 spiro atoms. The molecule has 3 N–H and O–H groups in total. The lowest BCUT2D eigenvalue weighted by atomic mass is 10.0. The van der Waals surface area contributed by atoms with Gasteiger partial charge in [0.05, 0.1) is 6.10 Å². The number of aromatic hydroxyl groups is 2. The van der Waals surface area contributed by atoms with Gasteiger partial charge >= 0.3 is 0 Å². The highest BCUT2D eigenvalue weighted by atomic mass is 16.3. The first-order valence-electron chi connectivity index (χ1n) is 7.87. The minimum absolute atomic E-state index is 0.270. The Morgan fingerprint density at radius 1 is 0.636 bits per heavy atom. The second-order valence-electron chi connectivity index (χ2n) is 5.77. The summed E-state index contributed by atoms with van der Waals surface area (Å²) in [6.45, 7) is 0. The summed E-state index contributed by atoms with van der Waals surface area (Å²) in [6.07, 6.45) is 5.15. The van der Waals surface area contributed by atoms with Crippen LogP contribution in [0.3, 0.4) is 0 Å². The third kappa shape index (κ3) is 5.78. The minimum atomic E-state index is -0.270. The normalized spacial score (nSPS) is 12.2. The van der Waals surface area contributed by atoms with Crippen molar-refractivity contribution in [3.8, 4) is 11.5 Å². The first kappa shape index (κ1) is 16.4. The zero-order chi connectivity index (χ0) is 15.8. The van der Waals surface area contributed by atoms with E-state index in [2.05, 4.69) is 0 Å². The zero-order valence-corrected chi connectivity index (χ0v) is 12.8. The van der Waals surface area contributed by atoms with Crippen molar-refractivity contribution in [2.24, 2.45) is 0 Å². The molecule has 2 aromatic carbocycles. The van der Waals surface area contributed by atoms with Crippen molar-refractivity contribution < 1.29 is 15.3 Å². The third-order valence-electron chi connectivity index (χ3n) is 3.89. The van der Waals surface area contributed by atoms with Crippen LogP contribution in [0.4, 0.5) is 0 Å². The maximum Gasteiger partial charge on any atom is 0.115 e. The van der Waals surface area contributed by atoms with Gasteiger partial charge in [0.2, 0.25) is 0 Å². The molecule has 3 nitrogen and oxygen atoms in total. The molecule has 0 saturated heterocycles. The molecule has 0 aliphatic rings. The summed E-state index contributed by atoms with van der Waals surface area (Å²) in [5.41, 5.74) is 2.36. The predicted octanol–water partition coefficient (Wildman–Crippen LogP) is 3.80. The van der Waals surface area contributed by atoms with Crippen LogP contribution in [-0.2, 0) is 12.8 Å². The summed E-state index contributed by atoms with van der Waals surface area (Å²) in [5.74, 6) is 0.576. The molecule has 0 saturated carbocycles. The second kappa shape index (κ2) is 8.44. The fourth-order valence-corrected chi connectivity index (χ4v) is 2.51. The van der Waals surface area contributed by atoms with Crippen molar-refractivity contribution in [1.82, 2.24) is 0 Å². The van der Waals surface area contributed by atoms with Crippen LogP contribution < -0.4 is 0 Å². The van der Waals surface area contributed by atoms with Gasteiger partial charge in [-0.15, -0.1) is 0 Å². The smallest absolute Gasteiger partial charge is 0.115 e. The van der Waals surface area contributed by atoms with Crippen LogP contribution >= 0.6 is 0 Å². The fraction of sp³-hybridized carbons (Fsp3) is 0.368. The molecule has 2 aromatic rings. The fourth-order valence-electron chi connectivity index (χ4n) is 2.51. The van der Waals surface area contributed by atoms with Gasteiger partial charge in [-0.25, -0.2) is 0 Å². The molecule has 118 valence electrons. The Labute approximate surface area is 131 Å². The molecule has 0 radical (unpaired) electrons. The number of hydrogen-bond donors (Lipinski definition) is 3. The molecule has 0 bridgehead atoms. The van der Waals surface area contributed by atoms with E-state index in [0.29, 0.717) is 5.75 Å². The quantitative estimate of drug-likeness (QED) is 0.650. The maximum absolute atomic E-state index is 10.0. The van der Waals surface area contributed by atoms with Crippen molar-refractivity contribution >= 4 is 0 Å². The van der Waals surface area contributed by atoms with Gasteiger partial charge < -0.3 is 15.3 Å². The Kier molecular flexibility index (Phi) is 6.28. The van der Waals surface area contributed by atoms with Crippen LogP contribution in [0, 0.1) is 0 Å². The number of hydrogen-bond acceptors (Lipinski definition) is 3. The van der Waals surface area contributed by atoms with E-state index in [0.717, 1.165) is 44.1 Å². The van der Waals surface area contributed by atoms with E-state index in [-0.39, 0.29) is 11.9 Å². The van der Waals surface area contributed by atoms with Gasteiger partial charge in [-0.2, -0.15) is 0 Å². The summed E-state index contributed by atoms with van der Waals surface area (Å²) >= 11 is 0. The zero-order valence-electron chi connectivity index (χ0n) is 12.8. The van der Waals surface area contributed by atoms with Gasteiger partial charge in [0.25, 0.3) is 0 Å². The van der Waals surface area contributed by atoms with Crippen LogP contribution in [0.15, 0.2) is 48.5 Å². The molecular formula is C19H24O3. The average molecular weight is 300 g/mol. The van der Waals surface area contributed by atoms with Crippen molar-refractivity contribution in [2.75, 3.05) is 0 Å². The molecule has 0 amide bonds. The molecule has 0 heterocycles. The second-order valence-corrected chi connectivity index (χ2v) is 5.77. The average Bonchev–Trinajstić information content (AvgIpc) is 2.53. The highest BCUT2D eigenvalue weighted by Gasteiger charge is 2.05. The first-order chi connectivity index (χ1) is 10.6. The van der Waals surface area contributed by atoms with Crippen molar-refractivity contribution in [2.45, 2.75) is 44.6 Å². The Morgan fingerprint density at radius 2 is 1.14 bits per heavy atom. The maximum atomic E-state index is 10.0. The largest absolute Gasteiger partial charge is 0.508 e. The lowest BCUT2D eigenvalue weighted by Gasteiger charge is -2.10. The van der Waals surface area contributed by atoms with Crippen molar-refractivity contribution in [1.29, 1.82) is 0 Å². The van der Waals surface area contributed by atoms with E-state index >= 15 is 0 Å². The van der Waals surface area contributed by atoms with Crippen molar-refractivity contribution in [3.63, 3.8) is 0 Å². The highest BCUT2D eigenvalue weighted by Crippen LogP contribution is 2.15. The summed E-state index contributed by atoms with van der Waals surface area (Å²) in [5, 5.41) is 28.5. The molecule has 0 unspecified atom stereocenters. The topological polar surface area (TPSA) is 60.7 Å². The molecule has 0 aliphatic carbocycles. The molecule has 0 aliphatic heterocycles. The van der Waals surface area contributed by atoms with E-state index in [9.17, 15) is 15.3 Å². The van der Waals surface area contributed by atoms with Gasteiger partial charge in [0.1, 0.15) is 11.5 Å². The Hall–Kier alpha value is -2.00. The standard InChI is InChI=1S/C19H24O3/c20-17(10-7-16-8-13-19(22)14-9-16)4-2-1-3-15-5-11-18(21)12-6-15/h5-6,8-9,11-14,17,20-22H,1-4,7,10H2/t17-/m1/s1. The minimum Gasteiger partial charge on any atom is -0.508 e. The van der Waals surface area contributed by atoms with E-state index < -0.39 is 0 Å². The van der Waals surface area contributed by atoms with Crippen LogP contribution in [0.2, 0.25) is 0 Å². The SMILES string of the molecule is Oc1ccc(CCCC[C@@H](O)CCc2ccc(O)cc2)cc1. The lowest BCUT2D eigenvalue weighted by Crippen LogP contribution is -2.08. The predicted molar refractivity (Wildman–Crippen MR) is 88.1 cm³/mol. The number of rotatable bonds is 8. The van der Waals surface area contributed by atoms with Crippen LogP contribution in [0.25, 0.3) is 0 Å². The third-order valence-corrected chi connectivity index (χ3v) is 3.89. The number of aliphatic hydroxyl groups is 1. The van der Waals surface area contributed by atoms with E-state index in [1.54, 1.807) is 24.3 Å². The summed E-state index contributed by atoms with van der Waals surface area (Å²) in [6, 6.07) is 14.5. The van der Waals surface area contributed by atoms with Crippen LogP contribution in [0.1, 0.15) is 36.8 Å². The molecule has 1 atom stereocenters. The molecule has 0 aromatic heterocycles. The molecular weight excluding hydrogens is 276 g/mol. The monoisotopic (exact) mass is 300 g/mol. The number of aryl methyl sites for hydroxylation is 2. The molecule has 3 heteroatoms. The number of benzene rings is 2. The van der Waals surface area contributed by atoms with Gasteiger partial charge in [-0.1, -0.05) is 30.7 Å². The van der Waals surface area contributed by atoms with Gasteiger partial charge in [-0.3, -0.25) is 0 Å². The Morgan fingerprint density at radius 3 is 1.68 bits per heavy atom. The highest BCUT2D eigenvalue weighted by molar-refractivity contribution is 5.26. The molecule has 22 heavy (non-hydrogen) atoms. The van der Waals surface area contributed by atoms with Gasteiger partial charge in [0, 0.05) is 0 Å². The molecule has 0 fully saturated rings. The summed E-state index contributed by atoms with van der Waals surface area (Å²) in [7, 11) is 0. The Balaban J connectivity index is 1.60. The van der Waals surface area contributed by atoms with E-state index in [4.69, 9.17) is 0 Å². The first-order valence-corrected chi connectivity index (χ1v) is 7.87. The summed E-state index contributed by atoms with van der Waals surface area (Å²) in [4.78, 5) is 0. The van der Waals surface area contributed by atoms with Crippen LogP contribution in [0.5, 0.6) is 11.5 Å². The summed E-state index contributed by atoms with van der Waals surface area (Å²) < 4.78 is 0. The lowest BCUT2D eigenvalue weighted by molar-refractivity contribution is 0.151. The van der Waals surface area contributed by atoms with Gasteiger partial charge in [-0.05, 0) is 67.5 Å². The van der Waals surface area contributed by atoms with E-state index in [1.165, 1.54) is 5.56 Å². The Bertz CT molecular complexity index is 546. The van der Waals surface area contributed by atoms with Crippen molar-refractivity contribution in [3.05, 3.63) is 59.7 Å². The number of phenolic OH excluding ortho intramolecular Hbond substituents is 2. The van der Waals surface area contributed by atoms with E-state index in [1.807, 2.05) is 24.3 Å². The number of unbranched alkanes of at least 4 members (excludes halogenated alkanes) is 1. The van der Waals surface area contributed by atoms with Crippen LogP contribution in [-0.4, -0.2) is 21.4 Å². The number of aliphatic hydroxyl groups excluding tert-OH is 1. The number of phenols is 2. The molecule has 2 rings (SSSR count).